The van der Waals surface area contributed by atoms with Crippen LogP contribution in [0.2, 0.25) is 0 Å². The monoisotopic (exact) mass is 252 g/mol. The molecule has 0 aliphatic heterocycles. The summed E-state index contributed by atoms with van der Waals surface area (Å²) in [5.41, 5.74) is 0.580. The number of hydrogen-bond donors (Lipinski definition) is 0. The summed E-state index contributed by atoms with van der Waals surface area (Å²) < 4.78 is 5.73. The summed E-state index contributed by atoms with van der Waals surface area (Å²) in [6.07, 6.45) is 6.40. The van der Waals surface area contributed by atoms with E-state index in [1.165, 1.54) is 32.1 Å². The molecule has 4 unspecified atom stereocenters. The van der Waals surface area contributed by atoms with Gasteiger partial charge in [-0.1, -0.05) is 34.1 Å². The van der Waals surface area contributed by atoms with Crippen molar-refractivity contribution >= 4 is 5.97 Å². The van der Waals surface area contributed by atoms with Gasteiger partial charge in [-0.05, 0) is 42.9 Å². The molecule has 0 aromatic rings. The van der Waals surface area contributed by atoms with Crippen LogP contribution in [-0.2, 0) is 9.53 Å². The summed E-state index contributed by atoms with van der Waals surface area (Å²) in [7, 11) is 0. The summed E-state index contributed by atoms with van der Waals surface area (Å²) in [6.45, 7) is 11.0. The second-order valence-corrected chi connectivity index (χ2v) is 7.49. The number of carbonyl (C=O) groups is 1. The molecule has 0 N–H and O–H groups in total. The molecular weight excluding hydrogens is 224 g/mol. The van der Waals surface area contributed by atoms with Gasteiger partial charge in [-0.25, -0.2) is 0 Å². The lowest BCUT2D eigenvalue weighted by Gasteiger charge is -2.58. The third kappa shape index (κ3) is 2.19. The largest absolute Gasteiger partial charge is 0.462 e. The third-order valence-electron chi connectivity index (χ3n) is 5.65. The summed E-state index contributed by atoms with van der Waals surface area (Å²) in [5, 5.41) is 0. The van der Waals surface area contributed by atoms with Crippen molar-refractivity contribution in [3.63, 3.8) is 0 Å². The maximum atomic E-state index is 11.4. The highest BCUT2D eigenvalue weighted by Crippen LogP contribution is 2.59. The van der Waals surface area contributed by atoms with Crippen molar-refractivity contribution in [3.8, 4) is 0 Å². The lowest BCUT2D eigenvalue weighted by atomic mass is 9.49. The van der Waals surface area contributed by atoms with Crippen LogP contribution in [0.4, 0.5) is 0 Å². The van der Waals surface area contributed by atoms with Gasteiger partial charge in [-0.3, -0.25) is 4.79 Å². The van der Waals surface area contributed by atoms with E-state index in [9.17, 15) is 4.79 Å². The quantitative estimate of drug-likeness (QED) is 0.654. The van der Waals surface area contributed by atoms with E-state index in [2.05, 4.69) is 27.7 Å². The van der Waals surface area contributed by atoms with Gasteiger partial charge < -0.3 is 4.74 Å². The molecule has 2 fully saturated rings. The molecule has 2 aliphatic rings. The van der Waals surface area contributed by atoms with Gasteiger partial charge in [0.05, 0.1) is 0 Å². The molecule has 0 saturated heterocycles. The van der Waals surface area contributed by atoms with Crippen LogP contribution in [0.5, 0.6) is 0 Å². The number of carbonyl (C=O) groups excluding carboxylic acids is 1. The first-order valence-electron chi connectivity index (χ1n) is 7.44. The highest BCUT2D eigenvalue weighted by Gasteiger charge is 2.55. The Kier molecular flexibility index (Phi) is 3.50. The van der Waals surface area contributed by atoms with Crippen LogP contribution in [0.3, 0.4) is 0 Å². The zero-order valence-corrected chi connectivity index (χ0v) is 12.6. The second kappa shape index (κ2) is 4.54. The van der Waals surface area contributed by atoms with E-state index in [-0.39, 0.29) is 17.5 Å². The maximum Gasteiger partial charge on any atom is 0.302 e. The molecule has 2 rings (SSSR count). The van der Waals surface area contributed by atoms with Crippen LogP contribution < -0.4 is 0 Å². The number of ether oxygens (including phenoxy) is 1. The lowest BCUT2D eigenvalue weighted by molar-refractivity contribution is -0.182. The highest BCUT2D eigenvalue weighted by molar-refractivity contribution is 5.66. The summed E-state index contributed by atoms with van der Waals surface area (Å²) >= 11 is 0. The highest BCUT2D eigenvalue weighted by atomic mass is 16.5. The molecule has 104 valence electrons. The standard InChI is InChI=1S/C16H28O2/c1-11-7-8-13-15(3,4)9-6-10-16(13,5)14(11)18-12(2)17/h11,13-14H,6-10H2,1-5H3. The molecule has 2 saturated carbocycles. The van der Waals surface area contributed by atoms with Crippen molar-refractivity contribution in [2.75, 3.05) is 0 Å². The first-order valence-corrected chi connectivity index (χ1v) is 7.44. The summed E-state index contributed by atoms with van der Waals surface area (Å²) in [4.78, 5) is 11.4. The predicted molar refractivity (Wildman–Crippen MR) is 73.2 cm³/mol. The molecule has 0 aromatic carbocycles. The molecule has 0 heterocycles. The topological polar surface area (TPSA) is 26.3 Å². The smallest absolute Gasteiger partial charge is 0.302 e. The third-order valence-corrected chi connectivity index (χ3v) is 5.65. The fraction of sp³-hybridized carbons (Fsp3) is 0.938. The van der Waals surface area contributed by atoms with Crippen LogP contribution >= 0.6 is 0 Å². The van der Waals surface area contributed by atoms with Crippen molar-refractivity contribution in [2.45, 2.75) is 72.8 Å². The fourth-order valence-electron chi connectivity index (χ4n) is 4.89. The Morgan fingerprint density at radius 3 is 2.44 bits per heavy atom. The molecule has 0 aromatic heterocycles. The Bertz CT molecular complexity index is 334. The Hall–Kier alpha value is -0.530. The van der Waals surface area contributed by atoms with Crippen molar-refractivity contribution < 1.29 is 9.53 Å². The van der Waals surface area contributed by atoms with Crippen LogP contribution in [0, 0.1) is 22.7 Å². The SMILES string of the molecule is CC(=O)OC1C(C)CCC2C(C)(C)CCCC12C. The van der Waals surface area contributed by atoms with E-state index in [0.29, 0.717) is 17.3 Å². The number of esters is 1. The molecule has 0 amide bonds. The van der Waals surface area contributed by atoms with Crippen LogP contribution in [-0.4, -0.2) is 12.1 Å². The van der Waals surface area contributed by atoms with Gasteiger partial charge in [-0.15, -0.1) is 0 Å². The fourth-order valence-corrected chi connectivity index (χ4v) is 4.89. The molecule has 0 bridgehead atoms. The van der Waals surface area contributed by atoms with Crippen LogP contribution in [0.15, 0.2) is 0 Å². The number of fused-ring (bicyclic) bond motifs is 1. The van der Waals surface area contributed by atoms with E-state index in [4.69, 9.17) is 4.74 Å². The van der Waals surface area contributed by atoms with E-state index in [1.807, 2.05) is 0 Å². The normalized spacial score (nSPS) is 43.1. The summed E-state index contributed by atoms with van der Waals surface area (Å²) in [6, 6.07) is 0. The van der Waals surface area contributed by atoms with Gasteiger partial charge in [0.15, 0.2) is 0 Å². The van der Waals surface area contributed by atoms with Gasteiger partial charge >= 0.3 is 5.97 Å². The predicted octanol–water partition coefficient (Wildman–Crippen LogP) is 4.18. The Morgan fingerprint density at radius 1 is 1.17 bits per heavy atom. The van der Waals surface area contributed by atoms with Crippen molar-refractivity contribution in [1.82, 2.24) is 0 Å². The molecule has 18 heavy (non-hydrogen) atoms. The second-order valence-electron chi connectivity index (χ2n) is 7.49. The minimum Gasteiger partial charge on any atom is -0.462 e. The van der Waals surface area contributed by atoms with E-state index >= 15 is 0 Å². The molecule has 2 aliphatic carbocycles. The lowest BCUT2D eigenvalue weighted by Crippen LogP contribution is -2.55. The van der Waals surface area contributed by atoms with Gasteiger partial charge in [0, 0.05) is 12.3 Å². The van der Waals surface area contributed by atoms with Crippen LogP contribution in [0.25, 0.3) is 0 Å². The minimum absolute atomic E-state index is 0.114. The van der Waals surface area contributed by atoms with Gasteiger partial charge in [0.1, 0.15) is 6.10 Å². The molecule has 0 radical (unpaired) electrons. The summed E-state index contributed by atoms with van der Waals surface area (Å²) in [5.74, 6) is 1.08. The number of rotatable bonds is 1. The molecule has 2 nitrogen and oxygen atoms in total. The Balaban J connectivity index is 2.30. The van der Waals surface area contributed by atoms with Gasteiger partial charge in [-0.2, -0.15) is 0 Å². The van der Waals surface area contributed by atoms with Crippen LogP contribution in [0.1, 0.15) is 66.7 Å². The average molecular weight is 252 g/mol. The van der Waals surface area contributed by atoms with E-state index in [0.717, 1.165) is 0 Å². The maximum absolute atomic E-state index is 11.4. The molecular formula is C16H28O2. The molecule has 4 atom stereocenters. The first kappa shape index (κ1) is 13.9. The van der Waals surface area contributed by atoms with Crippen molar-refractivity contribution in [3.05, 3.63) is 0 Å². The Morgan fingerprint density at radius 2 is 1.83 bits per heavy atom. The number of hydrogen-bond acceptors (Lipinski definition) is 2. The first-order chi connectivity index (χ1) is 8.27. The zero-order chi connectivity index (χ0) is 13.6. The molecule has 2 heteroatoms. The molecule has 0 spiro atoms. The zero-order valence-electron chi connectivity index (χ0n) is 12.6. The van der Waals surface area contributed by atoms with E-state index < -0.39 is 0 Å². The van der Waals surface area contributed by atoms with Gasteiger partial charge in [0.25, 0.3) is 0 Å². The van der Waals surface area contributed by atoms with Crippen molar-refractivity contribution in [2.24, 2.45) is 22.7 Å². The van der Waals surface area contributed by atoms with Gasteiger partial charge in [0.2, 0.25) is 0 Å². The Labute approximate surface area is 111 Å². The average Bonchev–Trinajstić information content (AvgIpc) is 2.22. The minimum atomic E-state index is -0.114. The van der Waals surface area contributed by atoms with E-state index in [1.54, 1.807) is 6.92 Å². The van der Waals surface area contributed by atoms with Crippen molar-refractivity contribution in [1.29, 1.82) is 0 Å².